The highest BCUT2D eigenvalue weighted by Gasteiger charge is 2.13. The molecule has 0 radical (unpaired) electrons. The van der Waals surface area contributed by atoms with Crippen molar-refractivity contribution in [2.24, 2.45) is 0 Å². The van der Waals surface area contributed by atoms with Gasteiger partial charge in [0.2, 0.25) is 0 Å². The average Bonchev–Trinajstić information content (AvgIpc) is 2.78. The van der Waals surface area contributed by atoms with Gasteiger partial charge in [-0.15, -0.1) is 0 Å². The second-order valence-electron chi connectivity index (χ2n) is 6.93. The highest BCUT2D eigenvalue weighted by molar-refractivity contribution is 5.95. The number of fused-ring (bicyclic) bond motifs is 1. The number of carbonyl (C=O) groups is 1. The number of hydrogen-bond donors (Lipinski definition) is 1. The van der Waals surface area contributed by atoms with Gasteiger partial charge in [0.25, 0.3) is 5.91 Å². The minimum atomic E-state index is -0.105. The Morgan fingerprint density at radius 2 is 1.66 bits per heavy atom. The first kappa shape index (κ1) is 18.7. The van der Waals surface area contributed by atoms with Crippen LogP contribution in [-0.2, 0) is 6.61 Å². The molecule has 3 aromatic carbocycles. The van der Waals surface area contributed by atoms with Gasteiger partial charge in [0.05, 0.1) is 6.04 Å². The monoisotopic (exact) mass is 382 g/mol. The van der Waals surface area contributed by atoms with Gasteiger partial charge in [-0.05, 0) is 65.2 Å². The zero-order valence-corrected chi connectivity index (χ0v) is 16.2. The molecule has 0 aliphatic carbocycles. The standard InChI is InChI=1S/C25H22N2O2/c1-18(23-8-4-6-20-5-2-3-7-24(20)23)27-25(28)21-9-11-22(12-10-21)29-17-19-13-15-26-16-14-19/h2-16,18H,17H2,1H3,(H,27,28). The number of amides is 1. The van der Waals surface area contributed by atoms with Crippen LogP contribution in [0.4, 0.5) is 0 Å². The van der Waals surface area contributed by atoms with E-state index in [2.05, 4.69) is 34.6 Å². The first-order valence-electron chi connectivity index (χ1n) is 9.61. The molecule has 0 saturated heterocycles. The van der Waals surface area contributed by atoms with Gasteiger partial charge in [-0.25, -0.2) is 0 Å². The van der Waals surface area contributed by atoms with E-state index in [0.717, 1.165) is 22.3 Å². The van der Waals surface area contributed by atoms with E-state index in [1.54, 1.807) is 24.5 Å². The minimum absolute atomic E-state index is 0.101. The average molecular weight is 382 g/mol. The van der Waals surface area contributed by atoms with E-state index in [1.165, 1.54) is 5.39 Å². The highest BCUT2D eigenvalue weighted by Crippen LogP contribution is 2.24. The number of pyridine rings is 1. The minimum Gasteiger partial charge on any atom is -0.489 e. The van der Waals surface area contributed by atoms with Crippen LogP contribution in [0.25, 0.3) is 10.8 Å². The van der Waals surface area contributed by atoms with E-state index >= 15 is 0 Å². The van der Waals surface area contributed by atoms with Crippen LogP contribution in [-0.4, -0.2) is 10.9 Å². The van der Waals surface area contributed by atoms with Crippen LogP contribution in [0.5, 0.6) is 5.75 Å². The Kier molecular flexibility index (Phi) is 5.52. The summed E-state index contributed by atoms with van der Waals surface area (Å²) in [5.41, 5.74) is 2.76. The lowest BCUT2D eigenvalue weighted by molar-refractivity contribution is 0.0940. The molecule has 4 heteroatoms. The molecule has 0 saturated carbocycles. The zero-order chi connectivity index (χ0) is 20.1. The molecule has 1 atom stereocenters. The van der Waals surface area contributed by atoms with E-state index in [1.807, 2.05) is 49.4 Å². The quantitative estimate of drug-likeness (QED) is 0.492. The van der Waals surface area contributed by atoms with Crippen LogP contribution in [0, 0.1) is 0 Å². The maximum Gasteiger partial charge on any atom is 0.251 e. The Bertz CT molecular complexity index is 1100. The number of benzene rings is 3. The third-order valence-corrected chi connectivity index (χ3v) is 4.91. The van der Waals surface area contributed by atoms with Crippen molar-refractivity contribution in [3.63, 3.8) is 0 Å². The Hall–Kier alpha value is -3.66. The summed E-state index contributed by atoms with van der Waals surface area (Å²) in [5, 5.41) is 5.42. The fourth-order valence-corrected chi connectivity index (χ4v) is 3.33. The van der Waals surface area contributed by atoms with Crippen LogP contribution in [0.1, 0.15) is 34.5 Å². The maximum absolute atomic E-state index is 12.7. The Morgan fingerprint density at radius 3 is 2.45 bits per heavy atom. The summed E-state index contributed by atoms with van der Waals surface area (Å²) in [6.07, 6.45) is 3.48. The van der Waals surface area contributed by atoms with Gasteiger partial charge >= 0.3 is 0 Å². The van der Waals surface area contributed by atoms with Crippen molar-refractivity contribution < 1.29 is 9.53 Å². The molecule has 1 N–H and O–H groups in total. The summed E-state index contributed by atoms with van der Waals surface area (Å²) >= 11 is 0. The summed E-state index contributed by atoms with van der Waals surface area (Å²) in [6, 6.07) is 25.3. The SMILES string of the molecule is CC(NC(=O)c1ccc(OCc2ccncc2)cc1)c1cccc2ccccc12. The molecular weight excluding hydrogens is 360 g/mol. The van der Waals surface area contributed by atoms with E-state index in [4.69, 9.17) is 4.74 Å². The zero-order valence-electron chi connectivity index (χ0n) is 16.2. The third kappa shape index (κ3) is 4.43. The van der Waals surface area contributed by atoms with Gasteiger partial charge < -0.3 is 10.1 Å². The number of ether oxygens (including phenoxy) is 1. The smallest absolute Gasteiger partial charge is 0.251 e. The summed E-state index contributed by atoms with van der Waals surface area (Å²) in [6.45, 7) is 2.47. The van der Waals surface area contributed by atoms with Crippen molar-refractivity contribution in [1.82, 2.24) is 10.3 Å². The number of carbonyl (C=O) groups excluding carboxylic acids is 1. The van der Waals surface area contributed by atoms with Crippen molar-refractivity contribution >= 4 is 16.7 Å². The summed E-state index contributed by atoms with van der Waals surface area (Å²) in [7, 11) is 0. The molecule has 0 bridgehead atoms. The van der Waals surface area contributed by atoms with Crippen LogP contribution in [0.3, 0.4) is 0 Å². The molecule has 1 amide bonds. The van der Waals surface area contributed by atoms with E-state index in [9.17, 15) is 4.79 Å². The Labute approximate surface area is 170 Å². The molecule has 144 valence electrons. The normalized spacial score (nSPS) is 11.8. The van der Waals surface area contributed by atoms with Gasteiger partial charge in [-0.2, -0.15) is 0 Å². The number of hydrogen-bond acceptors (Lipinski definition) is 3. The molecule has 1 heterocycles. The number of aromatic nitrogens is 1. The molecule has 4 aromatic rings. The molecule has 0 aliphatic heterocycles. The molecule has 1 unspecified atom stereocenters. The Balaban J connectivity index is 1.41. The second-order valence-corrected chi connectivity index (χ2v) is 6.93. The summed E-state index contributed by atoms with van der Waals surface area (Å²) in [5.74, 6) is 0.617. The molecule has 4 nitrogen and oxygen atoms in total. The van der Waals surface area contributed by atoms with E-state index in [0.29, 0.717) is 12.2 Å². The predicted octanol–water partition coefficient (Wildman–Crippen LogP) is 5.30. The second kappa shape index (κ2) is 8.57. The molecule has 0 fully saturated rings. The third-order valence-electron chi connectivity index (χ3n) is 4.91. The molecule has 4 rings (SSSR count). The first-order valence-corrected chi connectivity index (χ1v) is 9.61. The number of nitrogens with one attached hydrogen (secondary N) is 1. The van der Waals surface area contributed by atoms with Crippen LogP contribution in [0.15, 0.2) is 91.3 Å². The maximum atomic E-state index is 12.7. The van der Waals surface area contributed by atoms with Gasteiger partial charge in [0.1, 0.15) is 12.4 Å². The van der Waals surface area contributed by atoms with Crippen molar-refractivity contribution in [1.29, 1.82) is 0 Å². The largest absolute Gasteiger partial charge is 0.489 e. The molecular formula is C25H22N2O2. The fourth-order valence-electron chi connectivity index (χ4n) is 3.33. The molecule has 29 heavy (non-hydrogen) atoms. The lowest BCUT2D eigenvalue weighted by atomic mass is 9.99. The first-order chi connectivity index (χ1) is 14.2. The van der Waals surface area contributed by atoms with Gasteiger partial charge in [0.15, 0.2) is 0 Å². The van der Waals surface area contributed by atoms with Crippen LogP contribution < -0.4 is 10.1 Å². The Morgan fingerprint density at radius 1 is 0.931 bits per heavy atom. The summed E-state index contributed by atoms with van der Waals surface area (Å²) < 4.78 is 5.77. The number of rotatable bonds is 6. The lowest BCUT2D eigenvalue weighted by Crippen LogP contribution is -2.26. The molecule has 1 aromatic heterocycles. The summed E-state index contributed by atoms with van der Waals surface area (Å²) in [4.78, 5) is 16.7. The number of nitrogens with zero attached hydrogens (tertiary/aromatic N) is 1. The fraction of sp³-hybridized carbons (Fsp3) is 0.120. The van der Waals surface area contributed by atoms with Crippen LogP contribution in [0.2, 0.25) is 0 Å². The van der Waals surface area contributed by atoms with Crippen molar-refractivity contribution in [2.75, 3.05) is 0 Å². The van der Waals surface area contributed by atoms with Crippen LogP contribution >= 0.6 is 0 Å². The lowest BCUT2D eigenvalue weighted by Gasteiger charge is -2.17. The van der Waals surface area contributed by atoms with Gasteiger partial charge in [-0.3, -0.25) is 9.78 Å². The topological polar surface area (TPSA) is 51.2 Å². The molecule has 0 aliphatic rings. The van der Waals surface area contributed by atoms with E-state index in [-0.39, 0.29) is 11.9 Å². The van der Waals surface area contributed by atoms with Gasteiger partial charge in [-0.1, -0.05) is 42.5 Å². The predicted molar refractivity (Wildman–Crippen MR) is 115 cm³/mol. The highest BCUT2D eigenvalue weighted by atomic mass is 16.5. The molecule has 0 spiro atoms. The van der Waals surface area contributed by atoms with Crippen molar-refractivity contribution in [3.05, 3.63) is 108 Å². The van der Waals surface area contributed by atoms with E-state index < -0.39 is 0 Å². The van der Waals surface area contributed by atoms with Gasteiger partial charge in [0, 0.05) is 18.0 Å². The van der Waals surface area contributed by atoms with Crippen molar-refractivity contribution in [2.45, 2.75) is 19.6 Å². The van der Waals surface area contributed by atoms with Crippen molar-refractivity contribution in [3.8, 4) is 5.75 Å².